The van der Waals surface area contributed by atoms with Gasteiger partial charge in [-0.15, -0.1) is 0 Å². The van der Waals surface area contributed by atoms with Crippen LogP contribution >= 0.6 is 0 Å². The predicted octanol–water partition coefficient (Wildman–Crippen LogP) is 2.70. The molecule has 0 unspecified atom stereocenters. The van der Waals surface area contributed by atoms with E-state index in [1.807, 2.05) is 0 Å². The molecule has 8 nitrogen and oxygen atoms in total. The highest BCUT2D eigenvalue weighted by atomic mass is 16.3. The highest BCUT2D eigenvalue weighted by Crippen LogP contribution is 2.35. The van der Waals surface area contributed by atoms with E-state index in [2.05, 4.69) is 0 Å². The molecule has 0 spiro atoms. The lowest BCUT2D eigenvalue weighted by molar-refractivity contribution is 0.0912. The zero-order valence-corrected chi connectivity index (χ0v) is 15.2. The number of benzene rings is 3. The molecule has 0 fully saturated rings. The highest BCUT2D eigenvalue weighted by molar-refractivity contribution is 6.36. The highest BCUT2D eigenvalue weighted by Gasteiger charge is 2.39. The fourth-order valence-electron chi connectivity index (χ4n) is 3.70. The van der Waals surface area contributed by atoms with Gasteiger partial charge >= 0.3 is 0 Å². The number of amides is 4. The average molecular weight is 400 g/mol. The largest absolute Gasteiger partial charge is 0.508 e. The minimum absolute atomic E-state index is 0.0709. The first-order valence-electron chi connectivity index (χ1n) is 8.90. The molecule has 30 heavy (non-hydrogen) atoms. The van der Waals surface area contributed by atoms with Crippen LogP contribution in [0, 0.1) is 0 Å². The summed E-state index contributed by atoms with van der Waals surface area (Å²) in [6.45, 7) is 0. The quantitative estimate of drug-likeness (QED) is 0.639. The molecule has 0 saturated heterocycles. The third kappa shape index (κ3) is 2.34. The minimum atomic E-state index is -0.615. The smallest absolute Gasteiger partial charge is 0.266 e. The Hall–Kier alpha value is -4.46. The van der Waals surface area contributed by atoms with Crippen molar-refractivity contribution in [3.05, 3.63) is 82.9 Å². The number of aromatic hydroxyl groups is 2. The number of hydrogen-bond donors (Lipinski definition) is 2. The van der Waals surface area contributed by atoms with Gasteiger partial charge in [-0.05, 0) is 54.6 Å². The Bertz CT molecular complexity index is 1220. The van der Waals surface area contributed by atoms with Crippen LogP contribution < -0.4 is 9.80 Å². The molecule has 3 aromatic carbocycles. The molecule has 2 aliphatic rings. The standard InChI is InChI=1S/C22H12N2O6/c25-13-4-6-15-17(9-13)21(29)23(19(15)27)11-2-1-3-12(8-11)24-20(28)16-7-5-14(26)10-18(16)22(24)30/h1-10,25-26H. The first-order chi connectivity index (χ1) is 14.4. The molecule has 0 atom stereocenters. The van der Waals surface area contributed by atoms with E-state index in [1.165, 1.54) is 60.7 Å². The van der Waals surface area contributed by atoms with Gasteiger partial charge in [0.15, 0.2) is 0 Å². The fourth-order valence-corrected chi connectivity index (χ4v) is 3.70. The minimum Gasteiger partial charge on any atom is -0.508 e. The van der Waals surface area contributed by atoms with Gasteiger partial charge in [0.1, 0.15) is 11.5 Å². The summed E-state index contributed by atoms with van der Waals surface area (Å²) in [4.78, 5) is 52.9. The van der Waals surface area contributed by atoms with Crippen molar-refractivity contribution in [2.75, 3.05) is 9.80 Å². The van der Waals surface area contributed by atoms with Gasteiger partial charge in [0.2, 0.25) is 0 Å². The van der Waals surface area contributed by atoms with Gasteiger partial charge < -0.3 is 10.2 Å². The fraction of sp³-hybridized carbons (Fsp3) is 0. The molecule has 0 radical (unpaired) electrons. The number of nitrogens with zero attached hydrogens (tertiary/aromatic N) is 2. The Morgan fingerprint density at radius 2 is 0.900 bits per heavy atom. The average Bonchev–Trinajstić information content (AvgIpc) is 3.12. The van der Waals surface area contributed by atoms with Crippen molar-refractivity contribution in [2.45, 2.75) is 0 Å². The van der Waals surface area contributed by atoms with E-state index in [0.717, 1.165) is 9.80 Å². The van der Waals surface area contributed by atoms with Crippen LogP contribution in [0.4, 0.5) is 11.4 Å². The second-order valence-corrected chi connectivity index (χ2v) is 6.87. The van der Waals surface area contributed by atoms with Crippen molar-refractivity contribution < 1.29 is 29.4 Å². The van der Waals surface area contributed by atoms with Gasteiger partial charge in [0.25, 0.3) is 23.6 Å². The Kier molecular flexibility index (Phi) is 3.54. The second-order valence-electron chi connectivity index (χ2n) is 6.87. The predicted molar refractivity (Wildman–Crippen MR) is 105 cm³/mol. The summed E-state index contributed by atoms with van der Waals surface area (Å²) in [6, 6.07) is 13.7. The monoisotopic (exact) mass is 400 g/mol. The first-order valence-corrected chi connectivity index (χ1v) is 8.90. The maximum Gasteiger partial charge on any atom is 0.266 e. The van der Waals surface area contributed by atoms with Crippen LogP contribution in [0.1, 0.15) is 41.4 Å². The lowest BCUT2D eigenvalue weighted by Gasteiger charge is -2.18. The third-order valence-corrected chi connectivity index (χ3v) is 5.09. The topological polar surface area (TPSA) is 115 Å². The number of carbonyl (C=O) groups is 4. The Labute approximate surface area is 169 Å². The molecule has 0 aliphatic carbocycles. The SMILES string of the molecule is O=C1c2ccc(O)cc2C(=O)N1c1cccc(N2C(=O)c3ccc(O)cc3C2=O)c1. The van der Waals surface area contributed by atoms with E-state index in [1.54, 1.807) is 0 Å². The number of imide groups is 2. The van der Waals surface area contributed by atoms with E-state index in [-0.39, 0.29) is 45.1 Å². The van der Waals surface area contributed by atoms with E-state index in [0.29, 0.717) is 0 Å². The van der Waals surface area contributed by atoms with Crippen LogP contribution in [-0.2, 0) is 0 Å². The Morgan fingerprint density at radius 1 is 0.500 bits per heavy atom. The summed E-state index contributed by atoms with van der Waals surface area (Å²) in [5.41, 5.74) is 0.803. The molecule has 3 aromatic rings. The molecule has 146 valence electrons. The lowest BCUT2D eigenvalue weighted by atomic mass is 10.1. The van der Waals surface area contributed by atoms with Crippen LogP contribution in [0.3, 0.4) is 0 Å². The van der Waals surface area contributed by atoms with Gasteiger partial charge in [-0.3, -0.25) is 19.2 Å². The van der Waals surface area contributed by atoms with E-state index in [9.17, 15) is 29.4 Å². The molecule has 8 heteroatoms. The summed E-state index contributed by atoms with van der Waals surface area (Å²) in [5, 5.41) is 19.3. The van der Waals surface area contributed by atoms with Crippen LogP contribution in [0.2, 0.25) is 0 Å². The van der Waals surface area contributed by atoms with Gasteiger partial charge in [-0.25, -0.2) is 9.80 Å². The van der Waals surface area contributed by atoms with Crippen LogP contribution in [-0.4, -0.2) is 33.8 Å². The molecule has 0 aromatic heterocycles. The number of anilines is 2. The number of fused-ring (bicyclic) bond motifs is 2. The van der Waals surface area contributed by atoms with E-state index >= 15 is 0 Å². The molecule has 0 saturated carbocycles. The maximum absolute atomic E-state index is 12.8. The Balaban J connectivity index is 1.55. The molecule has 0 bridgehead atoms. The molecule has 4 amide bonds. The first kappa shape index (κ1) is 17.6. The zero-order valence-electron chi connectivity index (χ0n) is 15.2. The van der Waals surface area contributed by atoms with Crippen molar-refractivity contribution in [2.24, 2.45) is 0 Å². The number of phenols is 2. The Morgan fingerprint density at radius 3 is 1.33 bits per heavy atom. The summed E-state index contributed by atoms with van der Waals surface area (Å²) in [7, 11) is 0. The molecule has 2 aliphatic heterocycles. The van der Waals surface area contributed by atoms with Gasteiger partial charge in [0.05, 0.1) is 33.6 Å². The van der Waals surface area contributed by atoms with Crippen molar-refractivity contribution in [1.82, 2.24) is 0 Å². The summed E-state index contributed by atoms with van der Waals surface area (Å²) < 4.78 is 0. The molecule has 2 heterocycles. The number of phenolic OH excluding ortho intramolecular Hbond substituents is 2. The summed E-state index contributed by atoms with van der Waals surface area (Å²) >= 11 is 0. The molecule has 5 rings (SSSR count). The number of rotatable bonds is 2. The van der Waals surface area contributed by atoms with Crippen LogP contribution in [0.5, 0.6) is 11.5 Å². The maximum atomic E-state index is 12.8. The summed E-state index contributed by atoms with van der Waals surface area (Å²) in [6.07, 6.45) is 0. The van der Waals surface area contributed by atoms with Crippen molar-refractivity contribution in [3.63, 3.8) is 0 Å². The van der Waals surface area contributed by atoms with Crippen LogP contribution in [0.25, 0.3) is 0 Å². The number of hydrogen-bond acceptors (Lipinski definition) is 6. The van der Waals surface area contributed by atoms with E-state index in [4.69, 9.17) is 0 Å². The molecule has 2 N–H and O–H groups in total. The summed E-state index contributed by atoms with van der Waals surface area (Å²) in [5.74, 6) is -2.65. The molecular formula is C22H12N2O6. The normalized spacial score (nSPS) is 15.1. The molecular weight excluding hydrogens is 388 g/mol. The van der Waals surface area contributed by atoms with Crippen molar-refractivity contribution in [3.8, 4) is 11.5 Å². The van der Waals surface area contributed by atoms with Crippen molar-refractivity contribution in [1.29, 1.82) is 0 Å². The van der Waals surface area contributed by atoms with Gasteiger partial charge in [-0.2, -0.15) is 0 Å². The second kappa shape index (κ2) is 6.02. The lowest BCUT2D eigenvalue weighted by Crippen LogP contribution is -2.31. The van der Waals surface area contributed by atoms with E-state index < -0.39 is 23.6 Å². The van der Waals surface area contributed by atoms with Gasteiger partial charge in [-0.1, -0.05) is 6.07 Å². The van der Waals surface area contributed by atoms with Gasteiger partial charge in [0, 0.05) is 0 Å². The number of carbonyl (C=O) groups excluding carboxylic acids is 4. The van der Waals surface area contributed by atoms with Crippen molar-refractivity contribution >= 4 is 35.0 Å². The van der Waals surface area contributed by atoms with Crippen LogP contribution in [0.15, 0.2) is 60.7 Å². The zero-order chi connectivity index (χ0) is 21.2. The third-order valence-electron chi connectivity index (χ3n) is 5.09.